The second-order valence-electron chi connectivity index (χ2n) is 10.4. The number of fused-ring (bicyclic) bond motifs is 2. The molecule has 5 aromatic rings. The molecular formula is C31H25N5O10S3. The molecule has 0 fully saturated rings. The molecule has 5 aromatic carbocycles. The van der Waals surface area contributed by atoms with Crippen LogP contribution in [-0.4, -0.2) is 44.0 Å². The van der Waals surface area contributed by atoms with Gasteiger partial charge in [-0.1, -0.05) is 36.9 Å². The molecule has 0 bridgehead atoms. The van der Waals surface area contributed by atoms with E-state index in [0.717, 1.165) is 6.07 Å². The topological polar surface area (TPSA) is 259 Å². The quantitative estimate of drug-likeness (QED) is 0.0592. The Morgan fingerprint density at radius 2 is 1.45 bits per heavy atom. The fourth-order valence-corrected chi connectivity index (χ4v) is 6.73. The highest BCUT2D eigenvalue weighted by atomic mass is 32.2. The molecule has 0 aromatic heterocycles. The standard InChI is InChI=1S/C31H25N5O10S3/c1-3-27(35-34-19-8-7-18-13-21(48(41,42)43)16-30(24(18)14-19)49(44,45)46)31-22(5-4-6-29(31)37)17(2)33-36-28-12-11-26(32)25-15-20(47(38,39)40)9-10-23(25)28/h3-16,37H,2,32H2,1H3,(H,38,39,40)(H,41,42,43)(H,44,45,46)/b27-3+,35-34?,36-33?. The minimum Gasteiger partial charge on any atom is -0.507 e. The number of benzene rings is 5. The van der Waals surface area contributed by atoms with Crippen LogP contribution in [0.1, 0.15) is 18.1 Å². The van der Waals surface area contributed by atoms with Gasteiger partial charge in [-0.3, -0.25) is 13.7 Å². The van der Waals surface area contributed by atoms with E-state index in [-0.39, 0.29) is 49.7 Å². The van der Waals surface area contributed by atoms with Gasteiger partial charge in [0.05, 0.1) is 38.1 Å². The lowest BCUT2D eigenvalue weighted by Gasteiger charge is -2.11. The number of phenols is 1. The first-order valence-corrected chi connectivity index (χ1v) is 18.0. The molecule has 252 valence electrons. The maximum absolute atomic E-state index is 12.1. The summed E-state index contributed by atoms with van der Waals surface area (Å²) in [6, 6.07) is 17.0. The Labute approximate surface area is 279 Å². The van der Waals surface area contributed by atoms with E-state index in [1.165, 1.54) is 60.7 Å². The van der Waals surface area contributed by atoms with Gasteiger partial charge >= 0.3 is 0 Å². The average Bonchev–Trinajstić information content (AvgIpc) is 3.03. The van der Waals surface area contributed by atoms with E-state index in [4.69, 9.17) is 5.73 Å². The van der Waals surface area contributed by atoms with Gasteiger partial charge in [0.25, 0.3) is 30.4 Å². The summed E-state index contributed by atoms with van der Waals surface area (Å²) in [5.74, 6) is -0.221. The number of allylic oxidation sites excluding steroid dienone is 1. The maximum atomic E-state index is 12.1. The number of azo groups is 2. The van der Waals surface area contributed by atoms with Gasteiger partial charge in [0, 0.05) is 27.4 Å². The molecule has 6 N–H and O–H groups in total. The molecule has 0 heterocycles. The highest BCUT2D eigenvalue weighted by Crippen LogP contribution is 2.37. The average molecular weight is 724 g/mol. The molecule has 0 aliphatic heterocycles. The molecule has 0 saturated carbocycles. The summed E-state index contributed by atoms with van der Waals surface area (Å²) in [6.45, 7) is 5.58. The van der Waals surface area contributed by atoms with Crippen LogP contribution in [-0.2, 0) is 30.4 Å². The van der Waals surface area contributed by atoms with Crippen molar-refractivity contribution in [1.82, 2.24) is 0 Å². The Bertz CT molecular complexity index is 2640. The van der Waals surface area contributed by atoms with Crippen LogP contribution >= 0.6 is 0 Å². The van der Waals surface area contributed by atoms with Crippen LogP contribution in [0.25, 0.3) is 32.9 Å². The van der Waals surface area contributed by atoms with E-state index in [2.05, 4.69) is 27.0 Å². The van der Waals surface area contributed by atoms with Gasteiger partial charge in [-0.25, -0.2) is 0 Å². The summed E-state index contributed by atoms with van der Waals surface area (Å²) in [7, 11) is -14.2. The van der Waals surface area contributed by atoms with Crippen molar-refractivity contribution in [3.05, 3.63) is 103 Å². The van der Waals surface area contributed by atoms with E-state index >= 15 is 0 Å². The fourth-order valence-electron chi connectivity index (χ4n) is 4.87. The highest BCUT2D eigenvalue weighted by Gasteiger charge is 2.21. The van der Waals surface area contributed by atoms with E-state index in [1.807, 2.05) is 0 Å². The van der Waals surface area contributed by atoms with Gasteiger partial charge < -0.3 is 10.8 Å². The number of nitrogen functional groups attached to an aromatic ring is 1. The number of anilines is 1. The summed E-state index contributed by atoms with van der Waals surface area (Å²) in [5.41, 5.74) is 7.32. The Kier molecular flexibility index (Phi) is 9.21. The zero-order valence-corrected chi connectivity index (χ0v) is 27.6. The molecule has 18 heteroatoms. The van der Waals surface area contributed by atoms with E-state index in [0.29, 0.717) is 28.1 Å². The molecular weight excluding hydrogens is 699 g/mol. The molecule has 0 aliphatic carbocycles. The van der Waals surface area contributed by atoms with E-state index in [1.54, 1.807) is 19.1 Å². The normalized spacial score (nSPS) is 13.2. The van der Waals surface area contributed by atoms with Crippen molar-refractivity contribution >= 4 is 80.4 Å². The summed E-state index contributed by atoms with van der Waals surface area (Å²) in [4.78, 5) is -1.87. The van der Waals surface area contributed by atoms with Crippen molar-refractivity contribution in [2.45, 2.75) is 21.6 Å². The van der Waals surface area contributed by atoms with Crippen LogP contribution in [0, 0.1) is 0 Å². The monoisotopic (exact) mass is 723 g/mol. The van der Waals surface area contributed by atoms with Crippen LogP contribution in [0.3, 0.4) is 0 Å². The summed E-state index contributed by atoms with van der Waals surface area (Å²) in [6.07, 6.45) is 1.52. The van der Waals surface area contributed by atoms with Gasteiger partial charge in [-0.2, -0.15) is 40.6 Å². The van der Waals surface area contributed by atoms with Gasteiger partial charge in [-0.05, 0) is 66.9 Å². The number of hydrogen-bond acceptors (Lipinski definition) is 12. The SMILES string of the molecule is C=C(N=Nc1ccc(N)c2cc(S(=O)(=O)O)ccc12)c1cccc(O)c1/C(=C\C)N=Nc1ccc2cc(S(=O)(=O)O)cc(S(=O)(=O)O)c2c1. The lowest BCUT2D eigenvalue weighted by molar-refractivity contribution is 0.473. The summed E-state index contributed by atoms with van der Waals surface area (Å²) >= 11 is 0. The Morgan fingerprint density at radius 3 is 2.10 bits per heavy atom. The molecule has 49 heavy (non-hydrogen) atoms. The van der Waals surface area contributed by atoms with Crippen molar-refractivity contribution < 1.29 is 44.0 Å². The van der Waals surface area contributed by atoms with Crippen molar-refractivity contribution in [3.8, 4) is 5.75 Å². The summed E-state index contributed by atoms with van der Waals surface area (Å²) < 4.78 is 99.3. The zero-order chi connectivity index (χ0) is 35.9. The zero-order valence-electron chi connectivity index (χ0n) is 25.1. The molecule has 15 nitrogen and oxygen atoms in total. The number of nitrogens with zero attached hydrogens (tertiary/aromatic N) is 4. The van der Waals surface area contributed by atoms with Crippen molar-refractivity contribution in [3.63, 3.8) is 0 Å². The van der Waals surface area contributed by atoms with Crippen LogP contribution in [0.5, 0.6) is 5.75 Å². The number of nitrogens with two attached hydrogens (primary N) is 1. The molecule has 0 aliphatic rings. The molecule has 5 rings (SSSR count). The highest BCUT2D eigenvalue weighted by molar-refractivity contribution is 7.87. The summed E-state index contributed by atoms with van der Waals surface area (Å²) in [5, 5.41) is 28.4. The van der Waals surface area contributed by atoms with Gasteiger partial charge in [0.15, 0.2) is 0 Å². The number of aromatic hydroxyl groups is 1. The van der Waals surface area contributed by atoms with Crippen LogP contribution < -0.4 is 5.73 Å². The third kappa shape index (κ3) is 7.38. The molecule has 0 radical (unpaired) electrons. The third-order valence-electron chi connectivity index (χ3n) is 7.18. The van der Waals surface area contributed by atoms with Crippen molar-refractivity contribution in [2.24, 2.45) is 20.5 Å². The first-order chi connectivity index (χ1) is 22.9. The number of phenolic OH excluding ortho intramolecular Hbond substituents is 1. The van der Waals surface area contributed by atoms with Crippen LogP contribution in [0.15, 0.2) is 127 Å². The van der Waals surface area contributed by atoms with Gasteiger partial charge in [0.1, 0.15) is 10.6 Å². The van der Waals surface area contributed by atoms with Crippen molar-refractivity contribution in [1.29, 1.82) is 0 Å². The van der Waals surface area contributed by atoms with Gasteiger partial charge in [0.2, 0.25) is 0 Å². The lowest BCUT2D eigenvalue weighted by atomic mass is 10.0. The van der Waals surface area contributed by atoms with Crippen LogP contribution in [0.2, 0.25) is 0 Å². The van der Waals surface area contributed by atoms with Gasteiger partial charge in [-0.15, -0.1) is 5.11 Å². The Hall–Kier alpha value is -5.37. The first-order valence-electron chi connectivity index (χ1n) is 13.7. The Morgan fingerprint density at radius 1 is 0.735 bits per heavy atom. The number of hydrogen-bond donors (Lipinski definition) is 5. The predicted molar refractivity (Wildman–Crippen MR) is 182 cm³/mol. The van der Waals surface area contributed by atoms with E-state index in [9.17, 15) is 44.0 Å². The minimum absolute atomic E-state index is 0.0605. The fraction of sp³-hybridized carbons (Fsp3) is 0.0323. The lowest BCUT2D eigenvalue weighted by Crippen LogP contribution is -2.04. The van der Waals surface area contributed by atoms with Crippen LogP contribution in [0.4, 0.5) is 17.1 Å². The molecule has 0 saturated heterocycles. The number of rotatable bonds is 9. The largest absolute Gasteiger partial charge is 0.507 e. The Balaban J connectivity index is 1.51. The molecule has 0 spiro atoms. The first kappa shape index (κ1) is 35.0. The smallest absolute Gasteiger partial charge is 0.295 e. The van der Waals surface area contributed by atoms with E-state index < -0.39 is 40.1 Å². The second-order valence-corrected chi connectivity index (χ2v) is 14.6. The molecule has 0 unspecified atom stereocenters. The molecule has 0 atom stereocenters. The maximum Gasteiger partial charge on any atom is 0.295 e. The third-order valence-corrected chi connectivity index (χ3v) is 9.76. The minimum atomic E-state index is -4.94. The predicted octanol–water partition coefficient (Wildman–Crippen LogP) is 6.92. The second kappa shape index (κ2) is 12.9. The molecule has 0 amide bonds. The van der Waals surface area contributed by atoms with Crippen molar-refractivity contribution in [2.75, 3.05) is 5.73 Å².